The Labute approximate surface area is 124 Å². The van der Waals surface area contributed by atoms with E-state index in [1.807, 2.05) is 31.3 Å². The molecule has 0 radical (unpaired) electrons. The van der Waals surface area contributed by atoms with Crippen molar-refractivity contribution in [2.24, 2.45) is 10.9 Å². The van der Waals surface area contributed by atoms with Gasteiger partial charge in [-0.2, -0.15) is 0 Å². The van der Waals surface area contributed by atoms with Crippen molar-refractivity contribution in [1.82, 2.24) is 0 Å². The van der Waals surface area contributed by atoms with Gasteiger partial charge in [-0.3, -0.25) is 0 Å². The highest BCUT2D eigenvalue weighted by Crippen LogP contribution is 2.36. The molecule has 0 amide bonds. The lowest BCUT2D eigenvalue weighted by atomic mass is 9.77. The van der Waals surface area contributed by atoms with E-state index < -0.39 is 0 Å². The molecular weight excluding hydrogens is 262 g/mol. The third-order valence-electron chi connectivity index (χ3n) is 4.15. The highest BCUT2D eigenvalue weighted by atomic mass is 16.4. The van der Waals surface area contributed by atoms with Crippen LogP contribution in [-0.4, -0.2) is 24.6 Å². The number of hydrogen-bond acceptors (Lipinski definition) is 3. The number of oxime groups is 1. The maximum atomic E-state index is 8.91. The molecule has 1 aliphatic carbocycles. The van der Waals surface area contributed by atoms with Crippen LogP contribution >= 0.6 is 0 Å². The predicted molar refractivity (Wildman–Crippen MR) is 85.1 cm³/mol. The van der Waals surface area contributed by atoms with Crippen LogP contribution in [0.5, 0.6) is 0 Å². The van der Waals surface area contributed by atoms with Crippen molar-refractivity contribution < 1.29 is 5.21 Å². The zero-order valence-electron chi connectivity index (χ0n) is 12.0. The number of nitrogens with zero attached hydrogens (tertiary/aromatic N) is 2. The molecule has 3 N–H and O–H groups in total. The minimum absolute atomic E-state index is 0.145. The zero-order chi connectivity index (χ0) is 14.8. The van der Waals surface area contributed by atoms with Gasteiger partial charge in [0.2, 0.25) is 0 Å². The van der Waals surface area contributed by atoms with Gasteiger partial charge in [-0.1, -0.05) is 41.6 Å². The second-order valence-corrected chi connectivity index (χ2v) is 5.48. The van der Waals surface area contributed by atoms with Crippen molar-refractivity contribution >= 4 is 11.5 Å². The molecule has 0 spiro atoms. The Hall–Kier alpha value is -2.49. The van der Waals surface area contributed by atoms with Gasteiger partial charge in [-0.15, -0.1) is 0 Å². The summed E-state index contributed by atoms with van der Waals surface area (Å²) in [5, 5.41) is 12.0. The number of benzene rings is 2. The number of para-hydroxylation sites is 1. The number of anilines is 1. The summed E-state index contributed by atoms with van der Waals surface area (Å²) in [7, 11) is 2.05. The van der Waals surface area contributed by atoms with E-state index in [-0.39, 0.29) is 5.84 Å². The van der Waals surface area contributed by atoms with Crippen LogP contribution in [0.25, 0.3) is 0 Å². The molecule has 0 heterocycles. The molecule has 1 atom stereocenters. The van der Waals surface area contributed by atoms with E-state index in [0.29, 0.717) is 5.92 Å². The molecule has 2 aromatic carbocycles. The van der Waals surface area contributed by atoms with Crippen LogP contribution in [0.15, 0.2) is 53.7 Å². The molecule has 4 heteroatoms. The zero-order valence-corrected chi connectivity index (χ0v) is 12.0. The normalized spacial score (nSPS) is 17.0. The van der Waals surface area contributed by atoms with Crippen LogP contribution in [0.1, 0.15) is 22.6 Å². The van der Waals surface area contributed by atoms with Gasteiger partial charge >= 0.3 is 0 Å². The van der Waals surface area contributed by atoms with Crippen molar-refractivity contribution in [1.29, 1.82) is 0 Å². The number of amidine groups is 1. The number of likely N-dealkylation sites (N-methyl/N-ethyl adjacent to an activating group) is 1. The van der Waals surface area contributed by atoms with Crippen molar-refractivity contribution in [2.75, 3.05) is 18.5 Å². The highest BCUT2D eigenvalue weighted by molar-refractivity contribution is 6.02. The van der Waals surface area contributed by atoms with E-state index in [0.717, 1.165) is 24.2 Å². The maximum Gasteiger partial charge on any atom is 0.172 e. The lowest BCUT2D eigenvalue weighted by molar-refractivity contribution is 0.318. The predicted octanol–water partition coefficient (Wildman–Crippen LogP) is 2.56. The van der Waals surface area contributed by atoms with Gasteiger partial charge in [0.05, 0.1) is 0 Å². The van der Waals surface area contributed by atoms with Crippen LogP contribution in [0.3, 0.4) is 0 Å². The Bertz CT molecular complexity index is 681. The van der Waals surface area contributed by atoms with E-state index >= 15 is 0 Å². The van der Waals surface area contributed by atoms with Crippen LogP contribution < -0.4 is 10.6 Å². The van der Waals surface area contributed by atoms with E-state index in [1.165, 1.54) is 11.1 Å². The topological polar surface area (TPSA) is 61.8 Å². The van der Waals surface area contributed by atoms with Gasteiger partial charge in [0.15, 0.2) is 5.84 Å². The maximum absolute atomic E-state index is 8.91. The summed E-state index contributed by atoms with van der Waals surface area (Å²) < 4.78 is 0. The Morgan fingerprint density at radius 3 is 2.71 bits per heavy atom. The van der Waals surface area contributed by atoms with Gasteiger partial charge in [-0.25, -0.2) is 0 Å². The van der Waals surface area contributed by atoms with E-state index in [4.69, 9.17) is 10.9 Å². The molecule has 21 heavy (non-hydrogen) atoms. The fraction of sp³-hybridized carbons (Fsp3) is 0.235. The van der Waals surface area contributed by atoms with Crippen LogP contribution in [0.4, 0.5) is 5.69 Å². The molecule has 4 nitrogen and oxygen atoms in total. The average molecular weight is 281 g/mol. The number of nitrogens with two attached hydrogens (primary N) is 1. The summed E-state index contributed by atoms with van der Waals surface area (Å²) in [6.45, 7) is 0.923. The molecule has 3 rings (SSSR count). The first-order valence-corrected chi connectivity index (χ1v) is 7.06. The summed E-state index contributed by atoms with van der Waals surface area (Å²) >= 11 is 0. The Morgan fingerprint density at radius 1 is 1.24 bits per heavy atom. The van der Waals surface area contributed by atoms with E-state index in [9.17, 15) is 0 Å². The van der Waals surface area contributed by atoms with Gasteiger partial charge in [0.1, 0.15) is 0 Å². The molecular formula is C17H19N3O. The SMILES string of the molecule is CN(CC1Cc2ccccc21)c1ccccc1/C(N)=N/O. The second-order valence-electron chi connectivity index (χ2n) is 5.48. The first kappa shape index (κ1) is 13.5. The minimum atomic E-state index is 0.145. The minimum Gasteiger partial charge on any atom is -0.409 e. The Balaban J connectivity index is 1.80. The third kappa shape index (κ3) is 2.44. The van der Waals surface area contributed by atoms with Crippen LogP contribution in [0.2, 0.25) is 0 Å². The molecule has 1 unspecified atom stereocenters. The molecule has 0 aliphatic heterocycles. The van der Waals surface area contributed by atoms with Crippen LogP contribution in [0, 0.1) is 0 Å². The van der Waals surface area contributed by atoms with E-state index in [1.54, 1.807) is 0 Å². The summed E-state index contributed by atoms with van der Waals surface area (Å²) in [5.41, 5.74) is 10.4. The highest BCUT2D eigenvalue weighted by Gasteiger charge is 2.27. The first-order valence-electron chi connectivity index (χ1n) is 7.06. The van der Waals surface area contributed by atoms with Crippen molar-refractivity contribution in [2.45, 2.75) is 12.3 Å². The van der Waals surface area contributed by atoms with E-state index in [2.05, 4.69) is 34.3 Å². The van der Waals surface area contributed by atoms with Crippen molar-refractivity contribution in [3.05, 3.63) is 65.2 Å². The molecule has 0 saturated carbocycles. The van der Waals surface area contributed by atoms with Gasteiger partial charge < -0.3 is 15.8 Å². The summed E-state index contributed by atoms with van der Waals surface area (Å²) in [4.78, 5) is 2.17. The molecule has 0 saturated heterocycles. The molecule has 0 bridgehead atoms. The molecule has 0 fully saturated rings. The Kier molecular flexibility index (Phi) is 3.52. The average Bonchev–Trinajstić information content (AvgIpc) is 2.51. The summed E-state index contributed by atoms with van der Waals surface area (Å²) in [6.07, 6.45) is 1.12. The number of rotatable bonds is 4. The second kappa shape index (κ2) is 5.48. The molecule has 2 aromatic rings. The monoisotopic (exact) mass is 281 g/mol. The molecule has 108 valence electrons. The van der Waals surface area contributed by atoms with Crippen LogP contribution in [-0.2, 0) is 6.42 Å². The number of fused-ring (bicyclic) bond motifs is 1. The fourth-order valence-electron chi connectivity index (χ4n) is 3.03. The quantitative estimate of drug-likeness (QED) is 0.392. The summed E-state index contributed by atoms with van der Waals surface area (Å²) in [6, 6.07) is 16.3. The smallest absolute Gasteiger partial charge is 0.172 e. The summed E-state index contributed by atoms with van der Waals surface area (Å²) in [5.74, 6) is 0.693. The van der Waals surface area contributed by atoms with Gasteiger partial charge in [-0.05, 0) is 29.7 Å². The van der Waals surface area contributed by atoms with Gasteiger partial charge in [0.25, 0.3) is 0 Å². The van der Waals surface area contributed by atoms with Gasteiger partial charge in [0, 0.05) is 30.8 Å². The fourth-order valence-corrected chi connectivity index (χ4v) is 3.03. The number of hydrogen-bond donors (Lipinski definition) is 2. The molecule has 0 aromatic heterocycles. The largest absolute Gasteiger partial charge is 0.409 e. The standard InChI is InChI=1S/C17H19N3O/c1-20(11-13-10-12-6-2-3-7-14(12)13)16-9-5-4-8-15(16)17(18)19-21/h2-9,13,21H,10-11H2,1H3,(H2,18,19). The molecule has 1 aliphatic rings. The third-order valence-corrected chi connectivity index (χ3v) is 4.15. The Morgan fingerprint density at radius 2 is 1.95 bits per heavy atom. The lowest BCUT2D eigenvalue weighted by Gasteiger charge is -2.34. The first-order chi connectivity index (χ1) is 10.2. The van der Waals surface area contributed by atoms with Crippen molar-refractivity contribution in [3.8, 4) is 0 Å². The lowest BCUT2D eigenvalue weighted by Crippen LogP contribution is -2.32. The van der Waals surface area contributed by atoms with Crippen molar-refractivity contribution in [3.63, 3.8) is 0 Å².